The number of hydrogen-bond acceptors (Lipinski definition) is 2. The van der Waals surface area contributed by atoms with Crippen molar-refractivity contribution in [1.82, 2.24) is 9.97 Å². The van der Waals surface area contributed by atoms with Gasteiger partial charge in [0.1, 0.15) is 11.0 Å². The van der Waals surface area contributed by atoms with E-state index in [2.05, 4.69) is 9.97 Å². The van der Waals surface area contributed by atoms with Crippen LogP contribution >= 0.6 is 23.2 Å². The van der Waals surface area contributed by atoms with Gasteiger partial charge in [-0.25, -0.2) is 9.97 Å². The molecule has 0 aliphatic heterocycles. The van der Waals surface area contributed by atoms with E-state index >= 15 is 0 Å². The molecule has 16 heavy (non-hydrogen) atoms. The molecule has 0 unspecified atom stereocenters. The maximum atomic E-state index is 5.90. The Labute approximate surface area is 104 Å². The van der Waals surface area contributed by atoms with E-state index in [0.717, 1.165) is 11.3 Å². The summed E-state index contributed by atoms with van der Waals surface area (Å²) in [6.07, 6.45) is 0. The highest BCUT2D eigenvalue weighted by molar-refractivity contribution is 6.29. The SMILES string of the molecule is Cc1ccc(-c2cc(Cl)nc(CCl)n2)cc1. The van der Waals surface area contributed by atoms with Crippen LogP contribution in [0, 0.1) is 6.92 Å². The van der Waals surface area contributed by atoms with Crippen molar-refractivity contribution >= 4 is 23.2 Å². The number of alkyl halides is 1. The smallest absolute Gasteiger partial charge is 0.145 e. The Kier molecular flexibility index (Phi) is 3.42. The molecular formula is C12H10Cl2N2. The molecule has 0 saturated carbocycles. The molecule has 0 spiro atoms. The fourth-order valence-electron chi connectivity index (χ4n) is 1.40. The first-order valence-electron chi connectivity index (χ1n) is 4.85. The predicted molar refractivity (Wildman–Crippen MR) is 66.8 cm³/mol. The first-order valence-corrected chi connectivity index (χ1v) is 5.77. The normalized spacial score (nSPS) is 10.4. The van der Waals surface area contributed by atoms with Crippen molar-refractivity contribution in [1.29, 1.82) is 0 Å². The quantitative estimate of drug-likeness (QED) is 0.600. The van der Waals surface area contributed by atoms with Crippen LogP contribution in [0.5, 0.6) is 0 Å². The van der Waals surface area contributed by atoms with Crippen LogP contribution in [0.25, 0.3) is 11.3 Å². The van der Waals surface area contributed by atoms with Gasteiger partial charge in [-0.3, -0.25) is 0 Å². The molecule has 1 aromatic carbocycles. The number of aryl methyl sites for hydroxylation is 1. The van der Waals surface area contributed by atoms with E-state index in [4.69, 9.17) is 23.2 Å². The van der Waals surface area contributed by atoms with Crippen LogP contribution in [0.3, 0.4) is 0 Å². The zero-order chi connectivity index (χ0) is 11.5. The molecule has 4 heteroatoms. The molecule has 0 radical (unpaired) electrons. The lowest BCUT2D eigenvalue weighted by Gasteiger charge is -2.03. The molecule has 2 aromatic rings. The summed E-state index contributed by atoms with van der Waals surface area (Å²) in [6, 6.07) is 9.82. The minimum atomic E-state index is 0.263. The van der Waals surface area contributed by atoms with E-state index in [1.165, 1.54) is 5.56 Å². The van der Waals surface area contributed by atoms with Gasteiger partial charge in [0, 0.05) is 11.6 Å². The highest BCUT2D eigenvalue weighted by Gasteiger charge is 2.04. The van der Waals surface area contributed by atoms with Gasteiger partial charge < -0.3 is 0 Å². The number of aromatic nitrogens is 2. The summed E-state index contributed by atoms with van der Waals surface area (Å²) >= 11 is 11.6. The van der Waals surface area contributed by atoms with E-state index in [9.17, 15) is 0 Å². The highest BCUT2D eigenvalue weighted by Crippen LogP contribution is 2.20. The summed E-state index contributed by atoms with van der Waals surface area (Å²) in [4.78, 5) is 8.34. The molecule has 0 amide bonds. The minimum Gasteiger partial charge on any atom is -0.231 e. The van der Waals surface area contributed by atoms with Crippen molar-refractivity contribution in [3.05, 3.63) is 46.9 Å². The average molecular weight is 253 g/mol. The van der Waals surface area contributed by atoms with E-state index in [-0.39, 0.29) is 5.88 Å². The Morgan fingerprint density at radius 1 is 1.12 bits per heavy atom. The van der Waals surface area contributed by atoms with Crippen LogP contribution < -0.4 is 0 Å². The molecule has 0 saturated heterocycles. The zero-order valence-electron chi connectivity index (χ0n) is 8.74. The van der Waals surface area contributed by atoms with Gasteiger partial charge >= 0.3 is 0 Å². The Balaban J connectivity index is 2.47. The van der Waals surface area contributed by atoms with Crippen LogP contribution in [-0.4, -0.2) is 9.97 Å². The molecule has 0 atom stereocenters. The van der Waals surface area contributed by atoms with Crippen LogP contribution in [-0.2, 0) is 5.88 Å². The second-order valence-electron chi connectivity index (χ2n) is 3.49. The average Bonchev–Trinajstić information content (AvgIpc) is 2.29. The number of halogens is 2. The number of rotatable bonds is 2. The second-order valence-corrected chi connectivity index (χ2v) is 4.15. The fourth-order valence-corrected chi connectivity index (χ4v) is 1.72. The third-order valence-electron chi connectivity index (χ3n) is 2.21. The summed E-state index contributed by atoms with van der Waals surface area (Å²) in [6.45, 7) is 2.04. The lowest BCUT2D eigenvalue weighted by Crippen LogP contribution is -1.94. The maximum absolute atomic E-state index is 5.90. The van der Waals surface area contributed by atoms with Gasteiger partial charge in [-0.2, -0.15) is 0 Å². The van der Waals surface area contributed by atoms with Gasteiger partial charge in [0.05, 0.1) is 11.6 Å². The zero-order valence-corrected chi connectivity index (χ0v) is 10.3. The predicted octanol–water partition coefficient (Wildman–Crippen LogP) is 3.84. The summed E-state index contributed by atoms with van der Waals surface area (Å²) < 4.78 is 0. The Morgan fingerprint density at radius 3 is 2.44 bits per heavy atom. The number of hydrogen-bond donors (Lipinski definition) is 0. The van der Waals surface area contributed by atoms with Crippen molar-refractivity contribution in [2.75, 3.05) is 0 Å². The molecule has 1 heterocycles. The standard InChI is InChI=1S/C12H10Cl2N2/c1-8-2-4-9(5-3-8)10-6-11(14)16-12(7-13)15-10/h2-6H,7H2,1H3. The molecule has 0 bridgehead atoms. The molecular weight excluding hydrogens is 243 g/mol. The highest BCUT2D eigenvalue weighted by atomic mass is 35.5. The van der Waals surface area contributed by atoms with Crippen molar-refractivity contribution in [3.8, 4) is 11.3 Å². The van der Waals surface area contributed by atoms with Crippen LogP contribution in [0.15, 0.2) is 30.3 Å². The molecule has 2 nitrogen and oxygen atoms in total. The third kappa shape index (κ3) is 2.52. The van der Waals surface area contributed by atoms with Crippen molar-refractivity contribution in [3.63, 3.8) is 0 Å². The minimum absolute atomic E-state index is 0.263. The van der Waals surface area contributed by atoms with Gasteiger partial charge in [-0.15, -0.1) is 11.6 Å². The lowest BCUT2D eigenvalue weighted by molar-refractivity contribution is 1.03. The van der Waals surface area contributed by atoms with E-state index in [0.29, 0.717) is 11.0 Å². The summed E-state index contributed by atoms with van der Waals surface area (Å²) in [5, 5.41) is 0.418. The van der Waals surface area contributed by atoms with Gasteiger partial charge in [0.15, 0.2) is 0 Å². The third-order valence-corrected chi connectivity index (χ3v) is 2.64. The molecule has 0 aliphatic rings. The largest absolute Gasteiger partial charge is 0.231 e. The maximum Gasteiger partial charge on any atom is 0.145 e. The first kappa shape index (κ1) is 11.4. The lowest BCUT2D eigenvalue weighted by atomic mass is 10.1. The van der Waals surface area contributed by atoms with E-state index in [1.54, 1.807) is 6.07 Å². The van der Waals surface area contributed by atoms with Crippen molar-refractivity contribution in [2.45, 2.75) is 12.8 Å². The molecule has 0 fully saturated rings. The summed E-state index contributed by atoms with van der Waals surface area (Å²) in [5.74, 6) is 0.809. The number of nitrogens with zero attached hydrogens (tertiary/aromatic N) is 2. The van der Waals surface area contributed by atoms with Gasteiger partial charge in [0.25, 0.3) is 0 Å². The van der Waals surface area contributed by atoms with Crippen LogP contribution in [0.1, 0.15) is 11.4 Å². The Bertz CT molecular complexity index is 495. The van der Waals surface area contributed by atoms with Crippen LogP contribution in [0.4, 0.5) is 0 Å². The number of benzene rings is 1. The van der Waals surface area contributed by atoms with Crippen LogP contribution in [0.2, 0.25) is 5.15 Å². The fraction of sp³-hybridized carbons (Fsp3) is 0.167. The van der Waals surface area contributed by atoms with Gasteiger partial charge in [-0.05, 0) is 6.92 Å². The van der Waals surface area contributed by atoms with E-state index < -0.39 is 0 Å². The Morgan fingerprint density at radius 2 is 1.81 bits per heavy atom. The monoisotopic (exact) mass is 252 g/mol. The molecule has 1 aromatic heterocycles. The topological polar surface area (TPSA) is 25.8 Å². The van der Waals surface area contributed by atoms with E-state index in [1.807, 2.05) is 31.2 Å². The van der Waals surface area contributed by atoms with Gasteiger partial charge in [0.2, 0.25) is 0 Å². The first-order chi connectivity index (χ1) is 7.69. The summed E-state index contributed by atoms with van der Waals surface area (Å²) in [7, 11) is 0. The van der Waals surface area contributed by atoms with Gasteiger partial charge in [-0.1, -0.05) is 41.4 Å². The second kappa shape index (κ2) is 4.81. The molecule has 0 N–H and O–H groups in total. The van der Waals surface area contributed by atoms with Crippen molar-refractivity contribution < 1.29 is 0 Å². The molecule has 0 aliphatic carbocycles. The Hall–Kier alpha value is -1.12. The molecule has 2 rings (SSSR count). The molecule has 82 valence electrons. The summed E-state index contributed by atoms with van der Waals surface area (Å²) in [5.41, 5.74) is 3.03. The van der Waals surface area contributed by atoms with Crippen molar-refractivity contribution in [2.24, 2.45) is 0 Å².